The second-order valence-electron chi connectivity index (χ2n) is 6.28. The van der Waals surface area contributed by atoms with Crippen LogP contribution in [0.2, 0.25) is 0 Å². The number of nitrogens with zero attached hydrogens (tertiary/aromatic N) is 2. The molecule has 3 aromatic rings. The van der Waals surface area contributed by atoms with Gasteiger partial charge in [0.1, 0.15) is 0 Å². The summed E-state index contributed by atoms with van der Waals surface area (Å²) in [5, 5.41) is 1.42. The molecular formula is C20H22N2OS. The minimum atomic E-state index is -0.00361. The molecule has 0 unspecified atom stereocenters. The van der Waals surface area contributed by atoms with Crippen LogP contribution in [0.15, 0.2) is 58.5 Å². The molecule has 0 fully saturated rings. The van der Waals surface area contributed by atoms with Gasteiger partial charge < -0.3 is 0 Å². The Kier molecular flexibility index (Phi) is 5.05. The Morgan fingerprint density at radius 2 is 1.79 bits per heavy atom. The molecule has 1 heterocycles. The average Bonchev–Trinajstić information content (AvgIpc) is 2.60. The van der Waals surface area contributed by atoms with E-state index < -0.39 is 0 Å². The van der Waals surface area contributed by atoms with Gasteiger partial charge in [-0.2, -0.15) is 0 Å². The fourth-order valence-electron chi connectivity index (χ4n) is 2.56. The van der Waals surface area contributed by atoms with E-state index in [1.165, 1.54) is 5.56 Å². The molecule has 2 aromatic carbocycles. The molecule has 3 rings (SSSR count). The van der Waals surface area contributed by atoms with Gasteiger partial charge in [-0.15, -0.1) is 0 Å². The van der Waals surface area contributed by atoms with Crippen LogP contribution in [0.5, 0.6) is 0 Å². The number of benzene rings is 2. The lowest BCUT2D eigenvalue weighted by Crippen LogP contribution is -2.22. The lowest BCUT2D eigenvalue weighted by atomic mass is 10.1. The van der Waals surface area contributed by atoms with Crippen molar-refractivity contribution in [3.05, 3.63) is 64.4 Å². The zero-order chi connectivity index (χ0) is 17.1. The summed E-state index contributed by atoms with van der Waals surface area (Å²) in [4.78, 5) is 17.8. The Balaban J connectivity index is 2.19. The highest BCUT2D eigenvalue weighted by molar-refractivity contribution is 7.99. The topological polar surface area (TPSA) is 34.9 Å². The van der Waals surface area contributed by atoms with E-state index in [1.807, 2.05) is 36.4 Å². The van der Waals surface area contributed by atoms with E-state index in [-0.39, 0.29) is 5.56 Å². The van der Waals surface area contributed by atoms with Crippen LogP contribution < -0.4 is 5.56 Å². The molecule has 0 atom stereocenters. The van der Waals surface area contributed by atoms with Crippen molar-refractivity contribution in [1.29, 1.82) is 0 Å². The van der Waals surface area contributed by atoms with E-state index >= 15 is 0 Å². The predicted octanol–water partition coefficient (Wildman–Crippen LogP) is 4.70. The van der Waals surface area contributed by atoms with E-state index in [2.05, 4.69) is 32.9 Å². The third-order valence-corrected chi connectivity index (χ3v) is 5.26. The van der Waals surface area contributed by atoms with E-state index in [4.69, 9.17) is 4.98 Å². The first-order chi connectivity index (χ1) is 11.6. The maximum atomic E-state index is 13.1. The number of aryl methyl sites for hydroxylation is 1. The van der Waals surface area contributed by atoms with Gasteiger partial charge in [0.25, 0.3) is 5.56 Å². The largest absolute Gasteiger partial charge is 0.268 e. The summed E-state index contributed by atoms with van der Waals surface area (Å²) in [6.45, 7) is 6.47. The normalized spacial score (nSPS) is 11.3. The number of para-hydroxylation sites is 1. The minimum absolute atomic E-state index is 0.00361. The Morgan fingerprint density at radius 1 is 1.08 bits per heavy atom. The van der Waals surface area contributed by atoms with Gasteiger partial charge in [-0.25, -0.2) is 4.98 Å². The summed E-state index contributed by atoms with van der Waals surface area (Å²) in [6.07, 6.45) is 0.986. The summed E-state index contributed by atoms with van der Waals surface area (Å²) in [5.41, 5.74) is 2.89. The van der Waals surface area contributed by atoms with Gasteiger partial charge in [-0.3, -0.25) is 9.36 Å². The summed E-state index contributed by atoms with van der Waals surface area (Å²) < 4.78 is 1.74. The van der Waals surface area contributed by atoms with Gasteiger partial charge in [-0.1, -0.05) is 56.8 Å². The number of hydrogen-bond donors (Lipinski definition) is 0. The van der Waals surface area contributed by atoms with Gasteiger partial charge in [0.15, 0.2) is 5.16 Å². The van der Waals surface area contributed by atoms with Crippen molar-refractivity contribution < 1.29 is 0 Å². The molecule has 0 bridgehead atoms. The second-order valence-corrected chi connectivity index (χ2v) is 7.26. The zero-order valence-corrected chi connectivity index (χ0v) is 15.1. The van der Waals surface area contributed by atoms with Crippen molar-refractivity contribution in [2.24, 2.45) is 5.92 Å². The molecule has 1 aromatic heterocycles. The first-order valence-corrected chi connectivity index (χ1v) is 9.32. The first kappa shape index (κ1) is 16.8. The van der Waals surface area contributed by atoms with Crippen molar-refractivity contribution in [1.82, 2.24) is 9.55 Å². The third kappa shape index (κ3) is 3.39. The van der Waals surface area contributed by atoms with Crippen LogP contribution in [0.4, 0.5) is 0 Å². The van der Waals surface area contributed by atoms with Crippen LogP contribution in [-0.4, -0.2) is 15.3 Å². The molecule has 0 saturated carbocycles. The van der Waals surface area contributed by atoms with Gasteiger partial charge in [0.2, 0.25) is 0 Å². The quantitative estimate of drug-likeness (QED) is 0.500. The Hall–Kier alpha value is -2.07. The minimum Gasteiger partial charge on any atom is -0.268 e. The maximum Gasteiger partial charge on any atom is 0.266 e. The van der Waals surface area contributed by atoms with Crippen LogP contribution in [-0.2, 0) is 6.42 Å². The van der Waals surface area contributed by atoms with Crippen molar-refractivity contribution >= 4 is 22.7 Å². The van der Waals surface area contributed by atoms with E-state index in [0.29, 0.717) is 11.3 Å². The fourth-order valence-corrected chi connectivity index (χ4v) is 3.52. The summed E-state index contributed by atoms with van der Waals surface area (Å²) in [6, 6.07) is 15.7. The zero-order valence-electron chi connectivity index (χ0n) is 14.3. The highest BCUT2D eigenvalue weighted by Gasteiger charge is 2.13. The van der Waals surface area contributed by atoms with Gasteiger partial charge in [-0.05, 0) is 42.2 Å². The summed E-state index contributed by atoms with van der Waals surface area (Å²) in [5.74, 6) is 1.46. The molecule has 24 heavy (non-hydrogen) atoms. The summed E-state index contributed by atoms with van der Waals surface area (Å²) in [7, 11) is 0. The van der Waals surface area contributed by atoms with Crippen LogP contribution in [0.25, 0.3) is 16.6 Å². The molecule has 0 aliphatic rings. The molecule has 0 spiro atoms. The number of thioether (sulfide) groups is 1. The molecule has 3 nitrogen and oxygen atoms in total. The van der Waals surface area contributed by atoms with Crippen LogP contribution in [0.3, 0.4) is 0 Å². The average molecular weight is 338 g/mol. The van der Waals surface area contributed by atoms with Crippen LogP contribution in [0, 0.1) is 5.92 Å². The van der Waals surface area contributed by atoms with Crippen molar-refractivity contribution in [2.45, 2.75) is 32.3 Å². The molecule has 0 saturated heterocycles. The SMILES string of the molecule is CCc1ccc(-n2c(SCC(C)C)nc3ccccc3c2=O)cc1. The highest BCUT2D eigenvalue weighted by atomic mass is 32.2. The molecule has 0 amide bonds. The van der Waals surface area contributed by atoms with Crippen molar-refractivity contribution in [3.8, 4) is 5.69 Å². The highest BCUT2D eigenvalue weighted by Crippen LogP contribution is 2.23. The van der Waals surface area contributed by atoms with Crippen molar-refractivity contribution in [2.75, 3.05) is 5.75 Å². The number of aromatic nitrogens is 2. The smallest absolute Gasteiger partial charge is 0.266 e. The van der Waals surface area contributed by atoms with Gasteiger partial charge in [0.05, 0.1) is 16.6 Å². The second kappa shape index (κ2) is 7.22. The molecule has 0 N–H and O–H groups in total. The Morgan fingerprint density at radius 3 is 2.46 bits per heavy atom. The van der Waals surface area contributed by atoms with Crippen molar-refractivity contribution in [3.63, 3.8) is 0 Å². The van der Waals surface area contributed by atoms with Gasteiger partial charge in [0, 0.05) is 5.75 Å². The molecular weight excluding hydrogens is 316 g/mol. The number of fused-ring (bicyclic) bond motifs is 1. The molecule has 0 aliphatic carbocycles. The Bertz CT molecular complexity index is 898. The molecule has 124 valence electrons. The molecule has 4 heteroatoms. The van der Waals surface area contributed by atoms with E-state index in [9.17, 15) is 4.79 Å². The Labute approximate surface area is 146 Å². The lowest BCUT2D eigenvalue weighted by Gasteiger charge is -2.14. The monoisotopic (exact) mass is 338 g/mol. The standard InChI is InChI=1S/C20H22N2OS/c1-4-15-9-11-16(12-10-15)22-19(23)17-7-5-6-8-18(17)21-20(22)24-13-14(2)3/h5-12,14H,4,13H2,1-3H3. The number of hydrogen-bond acceptors (Lipinski definition) is 3. The van der Waals surface area contributed by atoms with Crippen LogP contribution in [0.1, 0.15) is 26.3 Å². The molecule has 0 aliphatic heterocycles. The summed E-state index contributed by atoms with van der Waals surface area (Å²) >= 11 is 1.64. The van der Waals surface area contributed by atoms with E-state index in [1.54, 1.807) is 16.3 Å². The van der Waals surface area contributed by atoms with Gasteiger partial charge >= 0.3 is 0 Å². The fraction of sp³-hybridized carbons (Fsp3) is 0.300. The lowest BCUT2D eigenvalue weighted by molar-refractivity contribution is 0.742. The van der Waals surface area contributed by atoms with Crippen LogP contribution >= 0.6 is 11.8 Å². The predicted molar refractivity (Wildman–Crippen MR) is 102 cm³/mol. The first-order valence-electron chi connectivity index (χ1n) is 8.34. The van der Waals surface area contributed by atoms with E-state index in [0.717, 1.165) is 28.5 Å². The molecule has 0 radical (unpaired) electrons. The maximum absolute atomic E-state index is 13.1. The third-order valence-electron chi connectivity index (χ3n) is 3.89. The number of rotatable bonds is 5.